The van der Waals surface area contributed by atoms with Gasteiger partial charge in [-0.3, -0.25) is 4.68 Å². The lowest BCUT2D eigenvalue weighted by molar-refractivity contribution is 0.00208. The first-order chi connectivity index (χ1) is 9.54. The number of nitrogens with zero attached hydrogens (tertiary/aromatic N) is 3. The van der Waals surface area contributed by atoms with Crippen molar-refractivity contribution < 1.29 is 15.3 Å². The summed E-state index contributed by atoms with van der Waals surface area (Å²) < 4.78 is 1.64. The number of hydrogen-bond acceptors (Lipinski definition) is 6. The molecule has 20 heavy (non-hydrogen) atoms. The molecule has 1 aliphatic carbocycles. The molecule has 0 spiro atoms. The summed E-state index contributed by atoms with van der Waals surface area (Å²) in [5.74, 6) is -0.255. The Morgan fingerprint density at radius 1 is 1.40 bits per heavy atom. The van der Waals surface area contributed by atoms with E-state index in [0.717, 1.165) is 10.9 Å². The molecule has 2 aromatic heterocycles. The summed E-state index contributed by atoms with van der Waals surface area (Å²) in [6.45, 7) is -0.150. The topological polar surface area (TPSA) is 117 Å². The molecule has 1 saturated carbocycles. The van der Waals surface area contributed by atoms with E-state index in [2.05, 4.69) is 10.1 Å². The standard InChI is InChI=1S/C13H18N4O3/c1-17-10-7(2-3-15-13(10)14)9(16-17)8-4-6(5-18)11(19)12(8)20/h2-3,6,8,11-12,18-20H,4-5H2,1H3,(H2,14,15)/t6-,8+,11-,12+/m1/s1. The lowest BCUT2D eigenvalue weighted by Crippen LogP contribution is -2.29. The van der Waals surface area contributed by atoms with Crippen molar-refractivity contribution in [2.45, 2.75) is 24.5 Å². The van der Waals surface area contributed by atoms with Crippen LogP contribution in [0.3, 0.4) is 0 Å². The number of fused-ring (bicyclic) bond motifs is 1. The average molecular weight is 278 g/mol. The molecule has 0 saturated heterocycles. The molecule has 1 fully saturated rings. The Morgan fingerprint density at radius 2 is 2.15 bits per heavy atom. The third-order valence-corrected chi connectivity index (χ3v) is 4.20. The fourth-order valence-electron chi connectivity index (χ4n) is 3.13. The molecule has 7 nitrogen and oxygen atoms in total. The summed E-state index contributed by atoms with van der Waals surface area (Å²) >= 11 is 0. The smallest absolute Gasteiger partial charge is 0.149 e. The molecule has 2 aromatic rings. The highest BCUT2D eigenvalue weighted by Crippen LogP contribution is 2.41. The van der Waals surface area contributed by atoms with Crippen LogP contribution in [0.1, 0.15) is 18.0 Å². The number of aliphatic hydroxyl groups excluding tert-OH is 3. The minimum absolute atomic E-state index is 0.150. The lowest BCUT2D eigenvalue weighted by atomic mass is 9.98. The molecule has 1 aliphatic rings. The van der Waals surface area contributed by atoms with E-state index >= 15 is 0 Å². The van der Waals surface area contributed by atoms with Crippen molar-refractivity contribution in [2.24, 2.45) is 13.0 Å². The molecule has 0 aliphatic heterocycles. The van der Waals surface area contributed by atoms with Crippen molar-refractivity contribution in [2.75, 3.05) is 12.3 Å². The number of nitrogens with two attached hydrogens (primary N) is 1. The van der Waals surface area contributed by atoms with Gasteiger partial charge in [0.1, 0.15) is 11.3 Å². The zero-order chi connectivity index (χ0) is 14.4. The summed E-state index contributed by atoms with van der Waals surface area (Å²) in [7, 11) is 1.77. The molecule has 5 N–H and O–H groups in total. The minimum atomic E-state index is -0.931. The van der Waals surface area contributed by atoms with Crippen LogP contribution in [-0.2, 0) is 7.05 Å². The molecule has 0 aromatic carbocycles. The van der Waals surface area contributed by atoms with Gasteiger partial charge in [-0.25, -0.2) is 4.98 Å². The van der Waals surface area contributed by atoms with Gasteiger partial charge in [0, 0.05) is 37.1 Å². The molecule has 0 radical (unpaired) electrons. The van der Waals surface area contributed by atoms with E-state index in [0.29, 0.717) is 17.9 Å². The van der Waals surface area contributed by atoms with E-state index in [1.165, 1.54) is 0 Å². The lowest BCUT2D eigenvalue weighted by Gasteiger charge is -2.15. The fraction of sp³-hybridized carbons (Fsp3) is 0.538. The summed E-state index contributed by atoms with van der Waals surface area (Å²) in [6, 6.07) is 1.80. The first-order valence-corrected chi connectivity index (χ1v) is 6.58. The zero-order valence-electron chi connectivity index (χ0n) is 11.1. The first-order valence-electron chi connectivity index (χ1n) is 6.58. The van der Waals surface area contributed by atoms with E-state index in [-0.39, 0.29) is 18.4 Å². The van der Waals surface area contributed by atoms with Crippen molar-refractivity contribution in [3.63, 3.8) is 0 Å². The number of pyridine rings is 1. The molecule has 108 valence electrons. The van der Waals surface area contributed by atoms with Crippen LogP contribution >= 0.6 is 0 Å². The Labute approximate surface area is 115 Å². The average Bonchev–Trinajstić information content (AvgIpc) is 2.90. The van der Waals surface area contributed by atoms with Gasteiger partial charge < -0.3 is 21.1 Å². The molecule has 0 unspecified atom stereocenters. The minimum Gasteiger partial charge on any atom is -0.396 e. The first kappa shape index (κ1) is 13.3. The highest BCUT2D eigenvalue weighted by Gasteiger charge is 2.43. The number of nitrogen functional groups attached to an aromatic ring is 1. The van der Waals surface area contributed by atoms with Gasteiger partial charge in [-0.15, -0.1) is 0 Å². The summed E-state index contributed by atoms with van der Waals surface area (Å²) in [4.78, 5) is 4.04. The third kappa shape index (κ3) is 1.78. The van der Waals surface area contributed by atoms with Gasteiger partial charge in [-0.2, -0.15) is 5.10 Å². The molecule has 2 heterocycles. The van der Waals surface area contributed by atoms with E-state index in [9.17, 15) is 15.3 Å². The van der Waals surface area contributed by atoms with Crippen molar-refractivity contribution >= 4 is 16.7 Å². The molecule has 0 bridgehead atoms. The van der Waals surface area contributed by atoms with Gasteiger partial charge in [0.2, 0.25) is 0 Å². The van der Waals surface area contributed by atoms with E-state index in [1.54, 1.807) is 24.0 Å². The summed E-state index contributed by atoms with van der Waals surface area (Å²) in [5.41, 5.74) is 7.27. The van der Waals surface area contributed by atoms with E-state index in [4.69, 9.17) is 5.73 Å². The van der Waals surface area contributed by atoms with Crippen LogP contribution in [0.15, 0.2) is 12.3 Å². The van der Waals surface area contributed by atoms with Gasteiger partial charge in [0.25, 0.3) is 0 Å². The Morgan fingerprint density at radius 3 is 2.80 bits per heavy atom. The van der Waals surface area contributed by atoms with Crippen molar-refractivity contribution in [1.82, 2.24) is 14.8 Å². The number of anilines is 1. The highest BCUT2D eigenvalue weighted by molar-refractivity contribution is 5.90. The normalized spacial score (nSPS) is 30.2. The zero-order valence-corrected chi connectivity index (χ0v) is 11.1. The fourth-order valence-corrected chi connectivity index (χ4v) is 3.13. The Kier molecular flexibility index (Phi) is 3.12. The van der Waals surface area contributed by atoms with Gasteiger partial charge in [-0.05, 0) is 12.5 Å². The summed E-state index contributed by atoms with van der Waals surface area (Å²) in [6.07, 6.45) is 0.234. The highest BCUT2D eigenvalue weighted by atomic mass is 16.3. The van der Waals surface area contributed by atoms with Crippen LogP contribution in [0.5, 0.6) is 0 Å². The predicted molar refractivity (Wildman–Crippen MR) is 72.9 cm³/mol. The molecule has 7 heteroatoms. The number of rotatable bonds is 2. The SMILES string of the molecule is Cn1nc([C@@H]2C[C@H](CO)[C@@H](O)[C@H]2O)c2ccnc(N)c21. The Hall–Kier alpha value is -1.70. The van der Waals surface area contributed by atoms with E-state index in [1.807, 2.05) is 0 Å². The van der Waals surface area contributed by atoms with Crippen LogP contribution in [0.4, 0.5) is 5.82 Å². The number of aromatic nitrogens is 3. The Bertz CT molecular complexity index is 642. The third-order valence-electron chi connectivity index (χ3n) is 4.20. The van der Waals surface area contributed by atoms with Crippen LogP contribution < -0.4 is 5.73 Å². The number of hydrogen-bond donors (Lipinski definition) is 4. The second kappa shape index (κ2) is 4.69. The van der Waals surface area contributed by atoms with Crippen LogP contribution in [0.25, 0.3) is 10.9 Å². The van der Waals surface area contributed by atoms with Crippen LogP contribution in [0, 0.1) is 5.92 Å². The largest absolute Gasteiger partial charge is 0.396 e. The van der Waals surface area contributed by atoms with E-state index < -0.39 is 12.2 Å². The van der Waals surface area contributed by atoms with Crippen LogP contribution in [-0.4, -0.2) is 48.9 Å². The van der Waals surface area contributed by atoms with Gasteiger partial charge in [0.15, 0.2) is 0 Å². The van der Waals surface area contributed by atoms with Gasteiger partial charge in [-0.1, -0.05) is 0 Å². The molecular formula is C13H18N4O3. The predicted octanol–water partition coefficient (Wildman–Crippen LogP) is -0.632. The Balaban J connectivity index is 2.10. The maximum atomic E-state index is 10.2. The molecule has 3 rings (SSSR count). The van der Waals surface area contributed by atoms with Gasteiger partial charge in [0.05, 0.1) is 17.9 Å². The van der Waals surface area contributed by atoms with Gasteiger partial charge >= 0.3 is 0 Å². The molecular weight excluding hydrogens is 260 g/mol. The maximum absolute atomic E-state index is 10.2. The summed E-state index contributed by atoms with van der Waals surface area (Å²) in [5, 5.41) is 34.6. The van der Waals surface area contributed by atoms with Crippen LogP contribution in [0.2, 0.25) is 0 Å². The molecule has 4 atom stereocenters. The number of aryl methyl sites for hydroxylation is 1. The number of aliphatic hydroxyl groups is 3. The monoisotopic (exact) mass is 278 g/mol. The molecule has 0 amide bonds. The maximum Gasteiger partial charge on any atom is 0.149 e. The second-order valence-corrected chi connectivity index (χ2v) is 5.37. The van der Waals surface area contributed by atoms with Crippen molar-refractivity contribution in [1.29, 1.82) is 0 Å². The van der Waals surface area contributed by atoms with Crippen molar-refractivity contribution in [3.05, 3.63) is 18.0 Å². The van der Waals surface area contributed by atoms with Crippen molar-refractivity contribution in [3.8, 4) is 0 Å². The second-order valence-electron chi connectivity index (χ2n) is 5.37. The quantitative estimate of drug-likeness (QED) is 0.581.